The monoisotopic (exact) mass is 481 g/mol. The van der Waals surface area contributed by atoms with Crippen LogP contribution in [-0.2, 0) is 11.3 Å². The number of imidazole rings is 1. The number of amides is 1. The maximum absolute atomic E-state index is 13.3. The molecule has 1 unspecified atom stereocenters. The summed E-state index contributed by atoms with van der Waals surface area (Å²) >= 11 is 1.25. The molecule has 1 aliphatic rings. The number of ether oxygens (including phenoxy) is 2. The van der Waals surface area contributed by atoms with Gasteiger partial charge in [0, 0.05) is 18.5 Å². The molecule has 0 aliphatic carbocycles. The van der Waals surface area contributed by atoms with Gasteiger partial charge in [-0.3, -0.25) is 14.6 Å². The van der Waals surface area contributed by atoms with Crippen molar-refractivity contribution in [3.63, 3.8) is 0 Å². The van der Waals surface area contributed by atoms with Crippen LogP contribution < -0.4 is 19.1 Å². The minimum absolute atomic E-state index is 0.0200. The average molecular weight is 482 g/mol. The summed E-state index contributed by atoms with van der Waals surface area (Å²) < 4.78 is 13.4. The zero-order valence-electron chi connectivity index (χ0n) is 19.2. The molecule has 2 aromatic heterocycles. The number of nitrogens with one attached hydrogen (secondary N) is 1. The van der Waals surface area contributed by atoms with Crippen LogP contribution in [0, 0.1) is 0 Å². The molecule has 0 spiro atoms. The van der Waals surface area contributed by atoms with Crippen molar-refractivity contribution in [2.75, 3.05) is 19.8 Å². The van der Waals surface area contributed by atoms with Crippen LogP contribution in [0.25, 0.3) is 0 Å². The van der Waals surface area contributed by atoms with Crippen LogP contribution in [0.2, 0.25) is 0 Å². The first-order chi connectivity index (χ1) is 16.5. The Hall–Kier alpha value is -3.59. The number of hydrogen-bond acceptors (Lipinski definition) is 6. The summed E-state index contributed by atoms with van der Waals surface area (Å²) in [6.45, 7) is 5.63. The van der Waals surface area contributed by atoms with Gasteiger partial charge in [0.1, 0.15) is 12.4 Å². The lowest BCUT2D eigenvalue weighted by Crippen LogP contribution is -2.37. The van der Waals surface area contributed by atoms with E-state index >= 15 is 0 Å². The molecule has 0 radical (unpaired) electrons. The fourth-order valence-corrected chi connectivity index (χ4v) is 4.79. The molecule has 4 rings (SSSR count). The molecule has 178 valence electrons. The van der Waals surface area contributed by atoms with Gasteiger partial charge in [-0.2, -0.15) is 0 Å². The molecule has 0 bridgehead atoms. The third-order valence-corrected chi connectivity index (χ3v) is 6.44. The minimum Gasteiger partial charge on any atom is -0.868 e. The highest BCUT2D eigenvalue weighted by molar-refractivity contribution is 7.12. The lowest BCUT2D eigenvalue weighted by Gasteiger charge is -2.28. The average Bonchev–Trinajstić information content (AvgIpc) is 3.59. The summed E-state index contributed by atoms with van der Waals surface area (Å²) in [4.78, 5) is 31.3. The molecule has 1 N–H and O–H groups in total. The van der Waals surface area contributed by atoms with E-state index in [-0.39, 0.29) is 5.57 Å². The molecule has 1 aliphatic heterocycles. The number of nitrogens with zero attached hydrogens (tertiary/aromatic N) is 2. The molecule has 0 fully saturated rings. The van der Waals surface area contributed by atoms with Crippen LogP contribution >= 0.6 is 11.3 Å². The van der Waals surface area contributed by atoms with Gasteiger partial charge in [-0.1, -0.05) is 12.1 Å². The molecule has 1 amide bonds. The third-order valence-electron chi connectivity index (χ3n) is 5.58. The molecule has 1 atom stereocenters. The van der Waals surface area contributed by atoms with Crippen LogP contribution in [0.3, 0.4) is 0 Å². The van der Waals surface area contributed by atoms with Gasteiger partial charge >= 0.3 is 0 Å². The second-order valence-electron chi connectivity index (χ2n) is 7.73. The van der Waals surface area contributed by atoms with E-state index in [0.717, 1.165) is 0 Å². The zero-order valence-corrected chi connectivity index (χ0v) is 20.0. The Morgan fingerprint density at radius 3 is 2.68 bits per heavy atom. The number of hydrogen-bond donors (Lipinski definition) is 1. The van der Waals surface area contributed by atoms with Crippen LogP contribution in [0.15, 0.2) is 65.8 Å². The van der Waals surface area contributed by atoms with Crippen LogP contribution in [0.1, 0.15) is 41.5 Å². The second kappa shape index (κ2) is 10.6. The van der Waals surface area contributed by atoms with E-state index in [0.29, 0.717) is 54.7 Å². The third kappa shape index (κ3) is 4.70. The maximum atomic E-state index is 13.3. The van der Waals surface area contributed by atoms with Crippen molar-refractivity contribution in [2.45, 2.75) is 32.9 Å². The Balaban J connectivity index is 1.71. The highest BCUT2D eigenvalue weighted by Crippen LogP contribution is 2.41. The van der Waals surface area contributed by atoms with E-state index in [1.807, 2.05) is 37.1 Å². The number of aryl methyl sites for hydroxylation is 1. The number of benzene rings is 1. The summed E-state index contributed by atoms with van der Waals surface area (Å²) in [5, 5.41) is 14.9. The number of H-pyrrole nitrogens is 1. The Bertz CT molecular complexity index is 1170. The van der Waals surface area contributed by atoms with Crippen molar-refractivity contribution in [3.05, 3.63) is 76.2 Å². The number of aromatic nitrogens is 2. The summed E-state index contributed by atoms with van der Waals surface area (Å²) in [6.07, 6.45) is 6.15. The largest absolute Gasteiger partial charge is 0.868 e. The van der Waals surface area contributed by atoms with E-state index < -0.39 is 23.5 Å². The van der Waals surface area contributed by atoms with Crippen LogP contribution in [0.4, 0.5) is 0 Å². The SMILES string of the molecule is CCOc1ccc(C2C(C(=O)c3cccs3)=C([O-])C(=O)N2CCC[n+]2cc[nH]c2)cc1OCC. The van der Waals surface area contributed by atoms with Gasteiger partial charge in [-0.25, -0.2) is 4.57 Å². The van der Waals surface area contributed by atoms with Gasteiger partial charge in [0.2, 0.25) is 18.0 Å². The lowest BCUT2D eigenvalue weighted by atomic mass is 9.95. The molecule has 3 aromatic rings. The Labute approximate surface area is 202 Å². The number of carbonyl (C=O) groups is 2. The topological polar surface area (TPSA) is 98.6 Å². The first-order valence-corrected chi connectivity index (χ1v) is 12.1. The predicted octanol–water partition coefficient (Wildman–Crippen LogP) is 2.63. The smallest absolute Gasteiger partial charge is 0.241 e. The number of ketones is 1. The van der Waals surface area contributed by atoms with Gasteiger partial charge < -0.3 is 19.5 Å². The summed E-state index contributed by atoms with van der Waals surface area (Å²) in [6, 6.07) is 7.95. The maximum Gasteiger partial charge on any atom is 0.241 e. The normalized spacial score (nSPS) is 15.8. The summed E-state index contributed by atoms with van der Waals surface area (Å²) in [5.74, 6) is -0.724. The first kappa shape index (κ1) is 23.6. The predicted molar refractivity (Wildman–Crippen MR) is 125 cm³/mol. The number of Topliss-reactive ketones (excluding diaryl/α,β-unsaturated/α-hetero) is 1. The van der Waals surface area contributed by atoms with Crippen LogP contribution in [-0.4, -0.2) is 41.3 Å². The number of carbonyl (C=O) groups excluding carboxylic acids is 2. The van der Waals surface area contributed by atoms with Gasteiger partial charge in [0.25, 0.3) is 0 Å². The molecule has 8 nitrogen and oxygen atoms in total. The zero-order chi connectivity index (χ0) is 24.1. The lowest BCUT2D eigenvalue weighted by molar-refractivity contribution is -0.695. The van der Waals surface area contributed by atoms with Gasteiger partial charge in [-0.05, 0) is 48.7 Å². The molecular formula is C25H27N3O5S. The fourth-order valence-electron chi connectivity index (χ4n) is 4.11. The van der Waals surface area contributed by atoms with Crippen molar-refractivity contribution in [1.82, 2.24) is 9.88 Å². The molecular weight excluding hydrogens is 454 g/mol. The molecule has 1 aromatic carbocycles. The van der Waals surface area contributed by atoms with Crippen molar-refractivity contribution < 1.29 is 28.7 Å². The quantitative estimate of drug-likeness (QED) is 0.335. The van der Waals surface area contributed by atoms with E-state index in [1.54, 1.807) is 35.7 Å². The minimum atomic E-state index is -0.791. The summed E-state index contributed by atoms with van der Waals surface area (Å²) in [7, 11) is 0. The molecule has 0 saturated heterocycles. The van der Waals surface area contributed by atoms with Crippen LogP contribution in [0.5, 0.6) is 11.5 Å². The van der Waals surface area contributed by atoms with Crippen molar-refractivity contribution in [1.29, 1.82) is 0 Å². The Kier molecular flexibility index (Phi) is 7.32. The number of rotatable bonds is 11. The van der Waals surface area contributed by atoms with Gasteiger partial charge in [0.15, 0.2) is 11.5 Å². The van der Waals surface area contributed by atoms with Gasteiger partial charge in [-0.15, -0.1) is 11.3 Å². The number of thiophene rings is 1. The summed E-state index contributed by atoms with van der Waals surface area (Å²) in [5.41, 5.74) is 0.619. The standard InChI is InChI=1S/C25H27N3O5S/c1-3-32-18-9-8-17(15-19(18)33-4-2)22-21(23(29)20-7-5-14-34-20)24(30)25(31)28(22)12-6-11-27-13-10-26-16-27/h5,7-10,13-16,22H,3-4,6,11-12H2,1-2H3,(H,29,30). The van der Waals surface area contributed by atoms with Crippen molar-refractivity contribution in [3.8, 4) is 11.5 Å². The van der Waals surface area contributed by atoms with E-state index in [9.17, 15) is 14.7 Å². The van der Waals surface area contributed by atoms with Crippen molar-refractivity contribution in [2.24, 2.45) is 0 Å². The molecule has 34 heavy (non-hydrogen) atoms. The highest BCUT2D eigenvalue weighted by Gasteiger charge is 2.40. The Morgan fingerprint density at radius 2 is 2.00 bits per heavy atom. The second-order valence-corrected chi connectivity index (χ2v) is 8.67. The molecule has 0 saturated carbocycles. The highest BCUT2D eigenvalue weighted by atomic mass is 32.1. The molecule has 9 heteroatoms. The van der Waals surface area contributed by atoms with E-state index in [1.165, 1.54) is 16.2 Å². The van der Waals surface area contributed by atoms with E-state index in [2.05, 4.69) is 4.98 Å². The van der Waals surface area contributed by atoms with E-state index in [4.69, 9.17) is 9.47 Å². The fraction of sp³-hybridized carbons (Fsp3) is 0.320. The number of aromatic amines is 1. The molecule has 3 heterocycles. The van der Waals surface area contributed by atoms with Gasteiger partial charge in [0.05, 0.1) is 30.7 Å². The first-order valence-electron chi connectivity index (χ1n) is 11.3. The van der Waals surface area contributed by atoms with Crippen molar-refractivity contribution >= 4 is 23.0 Å². The Morgan fingerprint density at radius 1 is 1.21 bits per heavy atom.